The molecule has 2 rings (SSSR count). The summed E-state index contributed by atoms with van der Waals surface area (Å²) < 4.78 is 5.43. The maximum Gasteiger partial charge on any atom is 0.257 e. The van der Waals surface area contributed by atoms with Crippen LogP contribution in [0.15, 0.2) is 10.5 Å². The van der Waals surface area contributed by atoms with Gasteiger partial charge in [0.2, 0.25) is 0 Å². The largest absolute Gasteiger partial charge is 0.466 e. The number of hydrogen-bond acceptors (Lipinski definition) is 3. The first-order valence-corrected chi connectivity index (χ1v) is 6.10. The number of nitrogens with zero attached hydrogens (tertiary/aromatic N) is 1. The van der Waals surface area contributed by atoms with Gasteiger partial charge in [0.1, 0.15) is 11.5 Å². The van der Waals surface area contributed by atoms with Gasteiger partial charge in [-0.2, -0.15) is 0 Å². The fourth-order valence-corrected chi connectivity index (χ4v) is 2.30. The zero-order valence-corrected chi connectivity index (χ0v) is 10.9. The quantitative estimate of drug-likeness (QED) is 0.807. The summed E-state index contributed by atoms with van der Waals surface area (Å²) in [5.74, 6) is 1.59. The van der Waals surface area contributed by atoms with Crippen LogP contribution in [-0.4, -0.2) is 36.0 Å². The Morgan fingerprint density at radius 1 is 1.47 bits per heavy atom. The van der Waals surface area contributed by atoms with Crippen LogP contribution in [0.25, 0.3) is 0 Å². The standard InChI is InChI=1S/C13H20N2O2/c1-8-7-15(9(2)6-14-8)13(16)12-5-10(3)17-11(12)4/h5,8-9,14H,6-7H2,1-4H3. The molecule has 1 fully saturated rings. The van der Waals surface area contributed by atoms with Gasteiger partial charge >= 0.3 is 0 Å². The summed E-state index contributed by atoms with van der Waals surface area (Å²) >= 11 is 0. The molecule has 94 valence electrons. The van der Waals surface area contributed by atoms with Crippen LogP contribution in [-0.2, 0) is 0 Å². The Morgan fingerprint density at radius 3 is 2.76 bits per heavy atom. The molecule has 0 bridgehead atoms. The zero-order chi connectivity index (χ0) is 12.6. The third-order valence-electron chi connectivity index (χ3n) is 3.30. The Morgan fingerprint density at radius 2 is 2.18 bits per heavy atom. The van der Waals surface area contributed by atoms with E-state index < -0.39 is 0 Å². The normalized spacial score (nSPS) is 25.1. The minimum absolute atomic E-state index is 0.0835. The highest BCUT2D eigenvalue weighted by Crippen LogP contribution is 2.18. The van der Waals surface area contributed by atoms with Gasteiger partial charge in [0, 0.05) is 25.2 Å². The smallest absolute Gasteiger partial charge is 0.257 e. The van der Waals surface area contributed by atoms with E-state index in [0.29, 0.717) is 17.4 Å². The second kappa shape index (κ2) is 4.53. The van der Waals surface area contributed by atoms with E-state index in [0.717, 1.165) is 18.8 Å². The summed E-state index contributed by atoms with van der Waals surface area (Å²) in [6, 6.07) is 2.41. The van der Waals surface area contributed by atoms with Crippen molar-refractivity contribution in [2.24, 2.45) is 0 Å². The van der Waals surface area contributed by atoms with Crippen molar-refractivity contribution in [3.05, 3.63) is 23.2 Å². The Labute approximate surface area is 102 Å². The van der Waals surface area contributed by atoms with Crippen molar-refractivity contribution in [2.75, 3.05) is 13.1 Å². The topological polar surface area (TPSA) is 45.5 Å². The lowest BCUT2D eigenvalue weighted by Crippen LogP contribution is -2.56. The van der Waals surface area contributed by atoms with Crippen LogP contribution in [0.4, 0.5) is 0 Å². The minimum Gasteiger partial charge on any atom is -0.466 e. The Kier molecular flexibility index (Phi) is 3.24. The maximum absolute atomic E-state index is 12.4. The van der Waals surface area contributed by atoms with Crippen molar-refractivity contribution >= 4 is 5.91 Å². The molecule has 1 aliphatic rings. The Balaban J connectivity index is 2.21. The molecule has 0 spiro atoms. The fraction of sp³-hybridized carbons (Fsp3) is 0.615. The maximum atomic E-state index is 12.4. The molecule has 0 saturated carbocycles. The molecule has 2 atom stereocenters. The van der Waals surface area contributed by atoms with Gasteiger partial charge < -0.3 is 14.6 Å². The average Bonchev–Trinajstić information content (AvgIpc) is 2.60. The van der Waals surface area contributed by atoms with Crippen molar-refractivity contribution in [1.29, 1.82) is 0 Å². The summed E-state index contributed by atoms with van der Waals surface area (Å²) in [5, 5.41) is 3.37. The summed E-state index contributed by atoms with van der Waals surface area (Å²) in [6.45, 7) is 9.48. The number of carbonyl (C=O) groups excluding carboxylic acids is 1. The predicted octanol–water partition coefficient (Wildman–Crippen LogP) is 1.72. The van der Waals surface area contributed by atoms with Gasteiger partial charge in [0.15, 0.2) is 0 Å². The highest BCUT2D eigenvalue weighted by Gasteiger charge is 2.29. The van der Waals surface area contributed by atoms with E-state index in [2.05, 4.69) is 19.2 Å². The lowest BCUT2D eigenvalue weighted by atomic mass is 10.1. The molecule has 1 amide bonds. The third-order valence-corrected chi connectivity index (χ3v) is 3.30. The lowest BCUT2D eigenvalue weighted by molar-refractivity contribution is 0.0614. The summed E-state index contributed by atoms with van der Waals surface area (Å²) in [6.07, 6.45) is 0. The number of nitrogens with one attached hydrogen (secondary N) is 1. The molecule has 1 N–H and O–H groups in total. The molecule has 1 aromatic rings. The van der Waals surface area contributed by atoms with E-state index in [4.69, 9.17) is 4.42 Å². The first-order chi connectivity index (χ1) is 7.99. The van der Waals surface area contributed by atoms with Crippen molar-refractivity contribution < 1.29 is 9.21 Å². The van der Waals surface area contributed by atoms with Crippen LogP contribution in [0, 0.1) is 13.8 Å². The molecule has 2 unspecified atom stereocenters. The molecule has 0 radical (unpaired) electrons. The van der Waals surface area contributed by atoms with Gasteiger partial charge in [-0.05, 0) is 33.8 Å². The Bertz CT molecular complexity index is 425. The molecule has 0 aromatic carbocycles. The summed E-state index contributed by atoms with van der Waals surface area (Å²) in [5.41, 5.74) is 0.698. The summed E-state index contributed by atoms with van der Waals surface area (Å²) in [4.78, 5) is 14.4. The van der Waals surface area contributed by atoms with E-state index in [9.17, 15) is 4.79 Å². The number of aryl methyl sites for hydroxylation is 2. The van der Waals surface area contributed by atoms with Crippen LogP contribution in [0.5, 0.6) is 0 Å². The van der Waals surface area contributed by atoms with Gasteiger partial charge in [-0.3, -0.25) is 4.79 Å². The molecule has 2 heterocycles. The number of rotatable bonds is 1. The van der Waals surface area contributed by atoms with Gasteiger partial charge in [-0.1, -0.05) is 0 Å². The first-order valence-electron chi connectivity index (χ1n) is 6.10. The molecule has 4 nitrogen and oxygen atoms in total. The van der Waals surface area contributed by atoms with E-state index >= 15 is 0 Å². The third kappa shape index (κ3) is 2.36. The first kappa shape index (κ1) is 12.2. The molecule has 4 heteroatoms. The number of amides is 1. The second-order valence-electron chi connectivity index (χ2n) is 4.94. The summed E-state index contributed by atoms with van der Waals surface area (Å²) in [7, 11) is 0. The minimum atomic E-state index is 0.0835. The number of piperazine rings is 1. The SMILES string of the molecule is Cc1cc(C(=O)N2CC(C)NCC2C)c(C)o1. The molecule has 1 aliphatic heterocycles. The molecular weight excluding hydrogens is 216 g/mol. The van der Waals surface area contributed by atoms with Crippen molar-refractivity contribution in [2.45, 2.75) is 39.8 Å². The van der Waals surface area contributed by atoms with E-state index in [1.807, 2.05) is 24.8 Å². The molecular formula is C13H20N2O2. The van der Waals surface area contributed by atoms with Gasteiger partial charge in [0.05, 0.1) is 5.56 Å². The van der Waals surface area contributed by atoms with E-state index in [1.54, 1.807) is 0 Å². The fourth-order valence-electron chi connectivity index (χ4n) is 2.30. The van der Waals surface area contributed by atoms with E-state index in [1.165, 1.54) is 0 Å². The molecule has 0 aliphatic carbocycles. The van der Waals surface area contributed by atoms with Crippen LogP contribution in [0.2, 0.25) is 0 Å². The van der Waals surface area contributed by atoms with Crippen molar-refractivity contribution in [3.8, 4) is 0 Å². The van der Waals surface area contributed by atoms with Crippen LogP contribution < -0.4 is 5.32 Å². The second-order valence-corrected chi connectivity index (χ2v) is 4.94. The van der Waals surface area contributed by atoms with Crippen molar-refractivity contribution in [3.63, 3.8) is 0 Å². The number of hydrogen-bond donors (Lipinski definition) is 1. The van der Waals surface area contributed by atoms with E-state index in [-0.39, 0.29) is 11.9 Å². The van der Waals surface area contributed by atoms with Crippen molar-refractivity contribution in [1.82, 2.24) is 10.2 Å². The van der Waals surface area contributed by atoms with Gasteiger partial charge in [0.25, 0.3) is 5.91 Å². The average molecular weight is 236 g/mol. The number of carbonyl (C=O) groups is 1. The molecule has 1 saturated heterocycles. The van der Waals surface area contributed by atoms with Gasteiger partial charge in [-0.15, -0.1) is 0 Å². The highest BCUT2D eigenvalue weighted by atomic mass is 16.3. The predicted molar refractivity (Wildman–Crippen MR) is 66.1 cm³/mol. The molecule has 17 heavy (non-hydrogen) atoms. The monoisotopic (exact) mass is 236 g/mol. The van der Waals surface area contributed by atoms with Crippen LogP contribution >= 0.6 is 0 Å². The Hall–Kier alpha value is -1.29. The number of furan rings is 1. The zero-order valence-electron chi connectivity index (χ0n) is 10.9. The van der Waals surface area contributed by atoms with Crippen LogP contribution in [0.1, 0.15) is 35.7 Å². The van der Waals surface area contributed by atoms with Gasteiger partial charge in [-0.25, -0.2) is 0 Å². The highest BCUT2D eigenvalue weighted by molar-refractivity contribution is 5.95. The lowest BCUT2D eigenvalue weighted by Gasteiger charge is -2.37. The van der Waals surface area contributed by atoms with Crippen LogP contribution in [0.3, 0.4) is 0 Å². The molecule has 1 aromatic heterocycles.